The van der Waals surface area contributed by atoms with E-state index in [1.165, 1.54) is 17.5 Å². The highest BCUT2D eigenvalue weighted by atomic mass is 32.1. The van der Waals surface area contributed by atoms with Gasteiger partial charge in [0.1, 0.15) is 10.8 Å². The van der Waals surface area contributed by atoms with Crippen LogP contribution in [0, 0.1) is 0 Å². The number of carbonyl (C=O) groups is 3. The van der Waals surface area contributed by atoms with Gasteiger partial charge in [0.2, 0.25) is 5.91 Å². The molecule has 0 saturated carbocycles. The molecule has 1 amide bonds. The molecule has 0 radical (unpaired) electrons. The van der Waals surface area contributed by atoms with Gasteiger partial charge in [0.15, 0.2) is 0 Å². The van der Waals surface area contributed by atoms with Crippen molar-refractivity contribution in [3.63, 3.8) is 0 Å². The van der Waals surface area contributed by atoms with Crippen LogP contribution in [0.25, 0.3) is 0 Å². The van der Waals surface area contributed by atoms with E-state index >= 15 is 0 Å². The zero-order chi connectivity index (χ0) is 24.5. The van der Waals surface area contributed by atoms with Gasteiger partial charge in [-0.2, -0.15) is 0 Å². The first-order valence-electron chi connectivity index (χ1n) is 11.6. The minimum atomic E-state index is -0.416. The Bertz CT molecular complexity index is 992. The molecular formula is C24H32N4O5S. The van der Waals surface area contributed by atoms with Crippen molar-refractivity contribution >= 4 is 40.0 Å². The van der Waals surface area contributed by atoms with Crippen molar-refractivity contribution in [1.29, 1.82) is 0 Å². The summed E-state index contributed by atoms with van der Waals surface area (Å²) in [5, 5.41) is 3.45. The second-order valence-electron chi connectivity index (χ2n) is 7.82. The minimum Gasteiger partial charge on any atom is -0.462 e. The van der Waals surface area contributed by atoms with E-state index in [9.17, 15) is 14.4 Å². The van der Waals surface area contributed by atoms with Crippen molar-refractivity contribution in [2.45, 2.75) is 33.6 Å². The van der Waals surface area contributed by atoms with Crippen LogP contribution in [0.2, 0.25) is 0 Å². The molecule has 0 spiro atoms. The Balaban J connectivity index is 1.56. The number of nitrogens with one attached hydrogen (secondary N) is 1. The SMILES string of the molecule is CCOC(=O)c1ccc(N2CCCN(CC(=O)Nc3sc(CC)cc3C(=O)OCC)CC2)nc1. The summed E-state index contributed by atoms with van der Waals surface area (Å²) < 4.78 is 10.1. The van der Waals surface area contributed by atoms with Crippen molar-refractivity contribution in [1.82, 2.24) is 9.88 Å². The van der Waals surface area contributed by atoms with Crippen LogP contribution in [0.3, 0.4) is 0 Å². The molecule has 34 heavy (non-hydrogen) atoms. The lowest BCUT2D eigenvalue weighted by Gasteiger charge is -2.22. The Morgan fingerprint density at radius 3 is 2.47 bits per heavy atom. The summed E-state index contributed by atoms with van der Waals surface area (Å²) in [5.74, 6) is -0.150. The smallest absolute Gasteiger partial charge is 0.341 e. The van der Waals surface area contributed by atoms with Gasteiger partial charge in [0, 0.05) is 37.3 Å². The lowest BCUT2D eigenvalue weighted by Crippen LogP contribution is -2.36. The molecule has 3 heterocycles. The van der Waals surface area contributed by atoms with E-state index in [0.717, 1.165) is 36.6 Å². The summed E-state index contributed by atoms with van der Waals surface area (Å²) in [4.78, 5) is 46.5. The molecule has 1 fully saturated rings. The molecule has 0 atom stereocenters. The Morgan fingerprint density at radius 2 is 1.79 bits per heavy atom. The van der Waals surface area contributed by atoms with Gasteiger partial charge in [-0.25, -0.2) is 14.6 Å². The highest BCUT2D eigenvalue weighted by Gasteiger charge is 2.22. The minimum absolute atomic E-state index is 0.152. The molecule has 2 aromatic rings. The second kappa shape index (κ2) is 12.5. The molecule has 2 aromatic heterocycles. The zero-order valence-corrected chi connectivity index (χ0v) is 20.8. The van der Waals surface area contributed by atoms with Crippen molar-refractivity contribution in [3.8, 4) is 0 Å². The van der Waals surface area contributed by atoms with Gasteiger partial charge < -0.3 is 19.7 Å². The number of hydrogen-bond donors (Lipinski definition) is 1. The maximum Gasteiger partial charge on any atom is 0.341 e. The number of pyridine rings is 1. The van der Waals surface area contributed by atoms with E-state index in [0.29, 0.717) is 35.8 Å². The monoisotopic (exact) mass is 488 g/mol. The van der Waals surface area contributed by atoms with Crippen LogP contribution < -0.4 is 10.2 Å². The summed E-state index contributed by atoms with van der Waals surface area (Å²) in [5.41, 5.74) is 0.845. The molecule has 0 bridgehead atoms. The maximum absolute atomic E-state index is 12.8. The fraction of sp³-hybridized carbons (Fsp3) is 0.500. The second-order valence-corrected chi connectivity index (χ2v) is 8.96. The number of aromatic nitrogens is 1. The summed E-state index contributed by atoms with van der Waals surface area (Å²) in [6.07, 6.45) is 3.20. The fourth-order valence-electron chi connectivity index (χ4n) is 3.71. The van der Waals surface area contributed by atoms with E-state index in [2.05, 4.69) is 20.1 Å². The van der Waals surface area contributed by atoms with E-state index < -0.39 is 5.97 Å². The van der Waals surface area contributed by atoms with Gasteiger partial charge in [-0.1, -0.05) is 6.92 Å². The number of carbonyl (C=O) groups excluding carboxylic acids is 3. The molecule has 0 aromatic carbocycles. The van der Waals surface area contributed by atoms with Crippen molar-refractivity contribution in [3.05, 3.63) is 40.4 Å². The molecule has 1 aliphatic heterocycles. The molecule has 0 aliphatic carbocycles. The van der Waals surface area contributed by atoms with Crippen LogP contribution in [0.15, 0.2) is 24.4 Å². The van der Waals surface area contributed by atoms with Crippen LogP contribution in [0.4, 0.5) is 10.8 Å². The Morgan fingerprint density at radius 1 is 1.03 bits per heavy atom. The highest BCUT2D eigenvalue weighted by Crippen LogP contribution is 2.29. The molecular weight excluding hydrogens is 456 g/mol. The third-order valence-electron chi connectivity index (χ3n) is 5.42. The number of aryl methyl sites for hydroxylation is 1. The fourth-order valence-corrected chi connectivity index (χ4v) is 4.71. The quantitative estimate of drug-likeness (QED) is 0.537. The number of ether oxygens (including phenoxy) is 2. The van der Waals surface area contributed by atoms with Gasteiger partial charge in [-0.3, -0.25) is 9.69 Å². The van der Waals surface area contributed by atoms with Gasteiger partial charge in [0.25, 0.3) is 0 Å². The van der Waals surface area contributed by atoms with Crippen molar-refractivity contribution < 1.29 is 23.9 Å². The number of anilines is 2. The summed E-state index contributed by atoms with van der Waals surface area (Å²) in [6, 6.07) is 5.35. The van der Waals surface area contributed by atoms with Crippen LogP contribution in [0.1, 0.15) is 52.8 Å². The van der Waals surface area contributed by atoms with Gasteiger partial charge in [0.05, 0.1) is 30.9 Å². The standard InChI is InChI=1S/C24H32N4O5S/c1-4-18-14-19(24(31)33-6-3)22(34-18)26-21(29)16-27-10-7-11-28(13-12-27)20-9-8-17(15-25-20)23(30)32-5-2/h8-9,14-15H,4-7,10-13,16H2,1-3H3,(H,26,29). The summed E-state index contributed by atoms with van der Waals surface area (Å²) in [7, 11) is 0. The third kappa shape index (κ3) is 6.77. The molecule has 184 valence electrons. The number of thiophene rings is 1. The maximum atomic E-state index is 12.8. The number of hydrogen-bond acceptors (Lipinski definition) is 9. The topological polar surface area (TPSA) is 101 Å². The molecule has 1 aliphatic rings. The Kier molecular flexibility index (Phi) is 9.41. The largest absolute Gasteiger partial charge is 0.462 e. The predicted octanol–water partition coefficient (Wildman–Crippen LogP) is 3.21. The van der Waals surface area contributed by atoms with Crippen LogP contribution in [0.5, 0.6) is 0 Å². The Hall–Kier alpha value is -2.98. The number of esters is 2. The Labute approximate surface area is 204 Å². The lowest BCUT2D eigenvalue weighted by atomic mass is 10.2. The van der Waals surface area contributed by atoms with Crippen molar-refractivity contribution in [2.24, 2.45) is 0 Å². The van der Waals surface area contributed by atoms with E-state index in [1.807, 2.05) is 13.0 Å². The van der Waals surface area contributed by atoms with E-state index in [-0.39, 0.29) is 25.0 Å². The van der Waals surface area contributed by atoms with Crippen molar-refractivity contribution in [2.75, 3.05) is 56.2 Å². The number of rotatable bonds is 9. The molecule has 9 nitrogen and oxygen atoms in total. The molecule has 1 N–H and O–H groups in total. The highest BCUT2D eigenvalue weighted by molar-refractivity contribution is 7.16. The van der Waals surface area contributed by atoms with Gasteiger partial charge in [-0.15, -0.1) is 11.3 Å². The predicted molar refractivity (Wildman–Crippen MR) is 132 cm³/mol. The molecule has 1 saturated heterocycles. The van der Waals surface area contributed by atoms with Gasteiger partial charge in [-0.05, 0) is 44.9 Å². The lowest BCUT2D eigenvalue weighted by molar-refractivity contribution is -0.117. The van der Waals surface area contributed by atoms with E-state index in [1.54, 1.807) is 26.0 Å². The normalized spacial score (nSPS) is 14.4. The average Bonchev–Trinajstić information content (AvgIpc) is 3.09. The molecule has 0 unspecified atom stereocenters. The summed E-state index contributed by atoms with van der Waals surface area (Å²) >= 11 is 1.41. The van der Waals surface area contributed by atoms with Gasteiger partial charge >= 0.3 is 11.9 Å². The molecule has 10 heteroatoms. The number of nitrogens with zero attached hydrogens (tertiary/aromatic N) is 3. The average molecular weight is 489 g/mol. The first-order chi connectivity index (χ1) is 16.4. The summed E-state index contributed by atoms with van der Waals surface area (Å²) in [6.45, 7) is 9.39. The van der Waals surface area contributed by atoms with Crippen LogP contribution >= 0.6 is 11.3 Å². The zero-order valence-electron chi connectivity index (χ0n) is 20.0. The first kappa shape index (κ1) is 25.6. The number of amides is 1. The first-order valence-corrected chi connectivity index (χ1v) is 12.5. The van der Waals surface area contributed by atoms with Crippen LogP contribution in [-0.2, 0) is 20.7 Å². The van der Waals surface area contributed by atoms with Crippen LogP contribution in [-0.4, -0.2) is 73.7 Å². The van der Waals surface area contributed by atoms with E-state index in [4.69, 9.17) is 9.47 Å². The molecule has 3 rings (SSSR count). The third-order valence-corrected chi connectivity index (χ3v) is 6.61.